The molecule has 23 heavy (non-hydrogen) atoms. The molecule has 0 saturated carbocycles. The van der Waals surface area contributed by atoms with Gasteiger partial charge in [0.2, 0.25) is 11.8 Å². The predicted octanol–water partition coefficient (Wildman–Crippen LogP) is 4.18. The summed E-state index contributed by atoms with van der Waals surface area (Å²) in [5, 5.41) is 18.9. The largest absolute Gasteiger partial charge is 0.420 e. The van der Waals surface area contributed by atoms with Gasteiger partial charge < -0.3 is 10.5 Å². The molecule has 0 spiro atoms. The summed E-state index contributed by atoms with van der Waals surface area (Å²) < 4.78 is 6.56. The lowest BCUT2D eigenvalue weighted by Crippen LogP contribution is -2.20. The Morgan fingerprint density at radius 1 is 1.39 bits per heavy atom. The van der Waals surface area contributed by atoms with Crippen LogP contribution in [-0.2, 0) is 0 Å². The number of ether oxygens (including phenoxy) is 1. The Bertz CT molecular complexity index is 949. The normalized spacial score (nSPS) is 16.8. The maximum Gasteiger partial charge on any atom is 0.244 e. The second-order valence-electron chi connectivity index (χ2n) is 4.86. The van der Waals surface area contributed by atoms with Crippen LogP contribution >= 0.6 is 38.6 Å². The molecule has 3 aromatic heterocycles. The van der Waals surface area contributed by atoms with Crippen molar-refractivity contribution in [2.24, 2.45) is 5.73 Å². The van der Waals surface area contributed by atoms with Crippen LogP contribution in [0.15, 0.2) is 44.9 Å². The molecule has 0 fully saturated rings. The Morgan fingerprint density at radius 2 is 2.26 bits per heavy atom. The minimum atomic E-state index is -0.282. The molecular formula is C15H9BrN4OS2. The number of aromatic amines is 1. The summed E-state index contributed by atoms with van der Waals surface area (Å²) in [6, 6.07) is 10.1. The zero-order valence-electron chi connectivity index (χ0n) is 11.5. The number of nitriles is 1. The first-order valence-corrected chi connectivity index (χ1v) is 9.13. The molecule has 0 aromatic carbocycles. The Kier molecular flexibility index (Phi) is 3.49. The van der Waals surface area contributed by atoms with E-state index in [9.17, 15) is 5.26 Å². The van der Waals surface area contributed by atoms with E-state index in [-0.39, 0.29) is 11.8 Å². The zero-order chi connectivity index (χ0) is 16.0. The standard InChI is InChI=1S/C15H9BrN4OS2/c16-10-4-3-8(23-10)11-7(6-17)14(18)21-15-12(11)13(19-20-15)9-2-1-5-22-9/h1-5,11H,18H2,(H,19,20)/t11-/m1/s1. The highest BCUT2D eigenvalue weighted by molar-refractivity contribution is 9.11. The van der Waals surface area contributed by atoms with Gasteiger partial charge in [0.15, 0.2) is 0 Å². The Labute approximate surface area is 148 Å². The fourth-order valence-electron chi connectivity index (χ4n) is 2.62. The van der Waals surface area contributed by atoms with Gasteiger partial charge in [-0.05, 0) is 39.5 Å². The molecule has 0 radical (unpaired) electrons. The number of fused-ring (bicyclic) bond motifs is 1. The van der Waals surface area contributed by atoms with Gasteiger partial charge in [0, 0.05) is 4.88 Å². The average molecular weight is 405 g/mol. The fourth-order valence-corrected chi connectivity index (χ4v) is 4.90. The number of nitrogens with two attached hydrogens (primary N) is 1. The molecular weight excluding hydrogens is 396 g/mol. The van der Waals surface area contributed by atoms with E-state index in [1.165, 1.54) is 0 Å². The van der Waals surface area contributed by atoms with Crippen molar-refractivity contribution in [2.75, 3.05) is 0 Å². The van der Waals surface area contributed by atoms with Crippen LogP contribution in [0.5, 0.6) is 5.88 Å². The average Bonchev–Trinajstić information content (AvgIpc) is 3.25. The molecule has 114 valence electrons. The highest BCUT2D eigenvalue weighted by Gasteiger charge is 2.36. The molecule has 0 unspecified atom stereocenters. The molecule has 3 aromatic rings. The van der Waals surface area contributed by atoms with Crippen LogP contribution in [0.2, 0.25) is 0 Å². The second kappa shape index (κ2) is 5.53. The molecule has 1 atom stereocenters. The van der Waals surface area contributed by atoms with E-state index in [0.717, 1.165) is 24.8 Å². The number of hydrogen-bond acceptors (Lipinski definition) is 6. The minimum absolute atomic E-state index is 0.110. The van der Waals surface area contributed by atoms with Crippen LogP contribution in [-0.4, -0.2) is 10.2 Å². The van der Waals surface area contributed by atoms with Crippen molar-refractivity contribution in [1.82, 2.24) is 10.2 Å². The molecule has 4 rings (SSSR count). The molecule has 8 heteroatoms. The first kappa shape index (κ1) is 14.5. The predicted molar refractivity (Wildman–Crippen MR) is 93.2 cm³/mol. The van der Waals surface area contributed by atoms with Gasteiger partial charge in [-0.15, -0.1) is 27.8 Å². The lowest BCUT2D eigenvalue weighted by Gasteiger charge is -2.22. The highest BCUT2D eigenvalue weighted by atomic mass is 79.9. The van der Waals surface area contributed by atoms with E-state index < -0.39 is 0 Å². The topological polar surface area (TPSA) is 87.7 Å². The first-order valence-electron chi connectivity index (χ1n) is 6.64. The van der Waals surface area contributed by atoms with Gasteiger partial charge in [-0.2, -0.15) is 5.26 Å². The van der Waals surface area contributed by atoms with Gasteiger partial charge in [-0.3, -0.25) is 5.10 Å². The number of aromatic nitrogens is 2. The smallest absolute Gasteiger partial charge is 0.244 e. The van der Waals surface area contributed by atoms with Crippen molar-refractivity contribution in [3.05, 3.63) is 55.3 Å². The zero-order valence-corrected chi connectivity index (χ0v) is 14.8. The Hall–Kier alpha value is -2.08. The summed E-state index contributed by atoms with van der Waals surface area (Å²) in [4.78, 5) is 2.06. The Morgan fingerprint density at radius 3 is 2.91 bits per heavy atom. The maximum absolute atomic E-state index is 9.58. The SMILES string of the molecule is N#CC1=C(N)Oc2n[nH]c(-c3cccs3)c2[C@H]1c1ccc(Br)s1. The third-order valence-corrected chi connectivity index (χ3v) is 6.16. The highest BCUT2D eigenvalue weighted by Crippen LogP contribution is 2.48. The van der Waals surface area contributed by atoms with Gasteiger partial charge in [0.05, 0.1) is 25.8 Å². The lowest BCUT2D eigenvalue weighted by atomic mass is 9.88. The van der Waals surface area contributed by atoms with E-state index in [1.807, 2.05) is 29.6 Å². The fraction of sp³-hybridized carbons (Fsp3) is 0.0667. The summed E-state index contributed by atoms with van der Waals surface area (Å²) in [6.07, 6.45) is 0. The lowest BCUT2D eigenvalue weighted by molar-refractivity contribution is 0.379. The van der Waals surface area contributed by atoms with Crippen molar-refractivity contribution in [1.29, 1.82) is 5.26 Å². The van der Waals surface area contributed by atoms with Gasteiger partial charge >= 0.3 is 0 Å². The van der Waals surface area contributed by atoms with Crippen molar-refractivity contribution < 1.29 is 4.74 Å². The molecule has 0 saturated heterocycles. The number of rotatable bonds is 2. The van der Waals surface area contributed by atoms with E-state index in [4.69, 9.17) is 10.5 Å². The number of H-pyrrole nitrogens is 1. The van der Waals surface area contributed by atoms with Crippen LogP contribution < -0.4 is 10.5 Å². The molecule has 1 aliphatic rings. The molecule has 0 amide bonds. The minimum Gasteiger partial charge on any atom is -0.420 e. The summed E-state index contributed by atoms with van der Waals surface area (Å²) in [5.41, 5.74) is 8.07. The number of halogens is 1. The van der Waals surface area contributed by atoms with Crippen LogP contribution in [0.3, 0.4) is 0 Å². The van der Waals surface area contributed by atoms with Crippen molar-refractivity contribution in [3.8, 4) is 22.5 Å². The van der Waals surface area contributed by atoms with Crippen LogP contribution in [0.1, 0.15) is 16.4 Å². The summed E-state index contributed by atoms with van der Waals surface area (Å²) in [6.45, 7) is 0. The summed E-state index contributed by atoms with van der Waals surface area (Å²) in [7, 11) is 0. The number of hydrogen-bond donors (Lipinski definition) is 2. The molecule has 0 bridgehead atoms. The third-order valence-electron chi connectivity index (χ3n) is 3.58. The third kappa shape index (κ3) is 2.28. The van der Waals surface area contributed by atoms with E-state index in [2.05, 4.69) is 32.2 Å². The second-order valence-corrected chi connectivity index (χ2v) is 8.30. The summed E-state index contributed by atoms with van der Waals surface area (Å²) in [5.74, 6) is 0.258. The van der Waals surface area contributed by atoms with Gasteiger partial charge in [-0.25, -0.2) is 0 Å². The van der Waals surface area contributed by atoms with Crippen LogP contribution in [0.4, 0.5) is 0 Å². The van der Waals surface area contributed by atoms with Crippen molar-refractivity contribution in [3.63, 3.8) is 0 Å². The summed E-state index contributed by atoms with van der Waals surface area (Å²) >= 11 is 6.65. The maximum atomic E-state index is 9.58. The van der Waals surface area contributed by atoms with Gasteiger partial charge in [0.25, 0.3) is 0 Å². The first-order chi connectivity index (χ1) is 11.2. The molecule has 4 heterocycles. The number of thiophene rings is 2. The van der Waals surface area contributed by atoms with Gasteiger partial charge in [-0.1, -0.05) is 6.07 Å². The monoisotopic (exact) mass is 404 g/mol. The van der Waals surface area contributed by atoms with Crippen LogP contribution in [0, 0.1) is 11.3 Å². The number of nitrogens with zero attached hydrogens (tertiary/aromatic N) is 2. The van der Waals surface area contributed by atoms with E-state index in [1.54, 1.807) is 22.7 Å². The van der Waals surface area contributed by atoms with E-state index in [0.29, 0.717) is 11.5 Å². The molecule has 1 aliphatic heterocycles. The Balaban J connectivity index is 1.96. The molecule has 0 aliphatic carbocycles. The quantitative estimate of drug-likeness (QED) is 0.670. The molecule has 3 N–H and O–H groups in total. The molecule has 5 nitrogen and oxygen atoms in total. The van der Waals surface area contributed by atoms with Crippen molar-refractivity contribution >= 4 is 38.6 Å². The van der Waals surface area contributed by atoms with E-state index >= 15 is 0 Å². The number of allylic oxidation sites excluding steroid dienone is 1. The number of nitrogens with one attached hydrogen (secondary N) is 1. The van der Waals surface area contributed by atoms with Crippen molar-refractivity contribution in [2.45, 2.75) is 5.92 Å². The van der Waals surface area contributed by atoms with Gasteiger partial charge in [0.1, 0.15) is 11.6 Å². The van der Waals surface area contributed by atoms with Crippen LogP contribution in [0.25, 0.3) is 10.6 Å².